The van der Waals surface area contributed by atoms with Crippen molar-refractivity contribution in [2.24, 2.45) is 0 Å². The lowest BCUT2D eigenvalue weighted by atomic mass is 10.2. The second-order valence-electron chi connectivity index (χ2n) is 4.94. The van der Waals surface area contributed by atoms with Crippen molar-refractivity contribution < 1.29 is 9.90 Å². The molecule has 3 rings (SSSR count). The fourth-order valence-electron chi connectivity index (χ4n) is 2.70. The number of hydrogen-bond acceptors (Lipinski definition) is 3. The third kappa shape index (κ3) is 2.33. The van der Waals surface area contributed by atoms with Gasteiger partial charge in [-0.3, -0.25) is 4.68 Å². The second kappa shape index (κ2) is 5.01. The van der Waals surface area contributed by atoms with Gasteiger partial charge in [0.2, 0.25) is 0 Å². The van der Waals surface area contributed by atoms with Crippen molar-refractivity contribution >= 4 is 16.9 Å². The molecule has 1 aromatic carbocycles. The van der Waals surface area contributed by atoms with E-state index in [0.29, 0.717) is 0 Å². The summed E-state index contributed by atoms with van der Waals surface area (Å²) in [7, 11) is 0. The average Bonchev–Trinajstić information content (AvgIpc) is 3.04. The van der Waals surface area contributed by atoms with Gasteiger partial charge in [-0.25, -0.2) is 4.79 Å². The van der Waals surface area contributed by atoms with Crippen molar-refractivity contribution in [2.75, 3.05) is 19.6 Å². The predicted molar refractivity (Wildman–Crippen MR) is 72.4 cm³/mol. The molecule has 100 valence electrons. The fraction of sp³-hybridized carbons (Fsp3) is 0.429. The summed E-state index contributed by atoms with van der Waals surface area (Å²) >= 11 is 0. The molecule has 5 heteroatoms. The van der Waals surface area contributed by atoms with Crippen LogP contribution in [0, 0.1) is 0 Å². The maximum atomic E-state index is 11.2. The molecule has 1 aromatic heterocycles. The molecule has 0 spiro atoms. The summed E-state index contributed by atoms with van der Waals surface area (Å²) in [4.78, 5) is 13.6. The van der Waals surface area contributed by atoms with Gasteiger partial charge in [-0.05, 0) is 32.0 Å². The van der Waals surface area contributed by atoms with E-state index in [1.807, 2.05) is 28.9 Å². The number of hydrogen-bond donors (Lipinski definition) is 1. The van der Waals surface area contributed by atoms with Gasteiger partial charge in [0.1, 0.15) is 0 Å². The molecule has 1 fully saturated rings. The number of para-hydroxylation sites is 1. The van der Waals surface area contributed by atoms with Crippen molar-refractivity contribution in [3.8, 4) is 0 Å². The van der Waals surface area contributed by atoms with E-state index in [0.717, 1.165) is 37.1 Å². The first-order valence-electron chi connectivity index (χ1n) is 6.67. The monoisotopic (exact) mass is 259 g/mol. The highest BCUT2D eigenvalue weighted by molar-refractivity contribution is 6.01. The molecule has 0 atom stereocenters. The maximum absolute atomic E-state index is 11.2. The van der Waals surface area contributed by atoms with Crippen molar-refractivity contribution in [1.29, 1.82) is 0 Å². The summed E-state index contributed by atoms with van der Waals surface area (Å²) in [6.45, 7) is 3.97. The predicted octanol–water partition coefficient (Wildman–Crippen LogP) is 1.83. The van der Waals surface area contributed by atoms with Crippen molar-refractivity contribution in [3.63, 3.8) is 0 Å². The molecular formula is C14H17N3O2. The Morgan fingerprint density at radius 2 is 1.95 bits per heavy atom. The third-order valence-corrected chi connectivity index (χ3v) is 3.69. The van der Waals surface area contributed by atoms with Gasteiger partial charge in [-0.15, -0.1) is 0 Å². The molecule has 2 heterocycles. The molecule has 0 amide bonds. The number of aromatic carboxylic acids is 1. The van der Waals surface area contributed by atoms with Crippen LogP contribution in [-0.2, 0) is 6.54 Å². The molecule has 1 aliphatic heterocycles. The van der Waals surface area contributed by atoms with E-state index in [9.17, 15) is 9.90 Å². The summed E-state index contributed by atoms with van der Waals surface area (Å²) in [6, 6.07) is 7.51. The number of likely N-dealkylation sites (tertiary alicyclic amines) is 1. The Labute approximate surface area is 111 Å². The van der Waals surface area contributed by atoms with Gasteiger partial charge in [-0.1, -0.05) is 18.2 Å². The van der Waals surface area contributed by atoms with E-state index in [1.54, 1.807) is 0 Å². The van der Waals surface area contributed by atoms with Crippen molar-refractivity contribution in [3.05, 3.63) is 30.0 Å². The Morgan fingerprint density at radius 1 is 1.21 bits per heavy atom. The van der Waals surface area contributed by atoms with Gasteiger partial charge in [0.05, 0.1) is 12.1 Å². The Kier molecular flexibility index (Phi) is 3.21. The number of carboxylic acids is 1. The van der Waals surface area contributed by atoms with E-state index in [2.05, 4.69) is 10.00 Å². The van der Waals surface area contributed by atoms with Crippen LogP contribution in [0.2, 0.25) is 0 Å². The second-order valence-corrected chi connectivity index (χ2v) is 4.94. The normalized spacial score (nSPS) is 16.2. The SMILES string of the molecule is O=C(O)c1nn(CCN2CCCC2)c2ccccc12. The van der Waals surface area contributed by atoms with E-state index in [4.69, 9.17) is 0 Å². The van der Waals surface area contributed by atoms with E-state index in [-0.39, 0.29) is 5.69 Å². The lowest BCUT2D eigenvalue weighted by Crippen LogP contribution is -2.24. The summed E-state index contributed by atoms with van der Waals surface area (Å²) < 4.78 is 1.82. The third-order valence-electron chi connectivity index (χ3n) is 3.69. The van der Waals surface area contributed by atoms with Crippen LogP contribution >= 0.6 is 0 Å². The van der Waals surface area contributed by atoms with Crippen LogP contribution in [0.1, 0.15) is 23.3 Å². The van der Waals surface area contributed by atoms with Crippen molar-refractivity contribution in [1.82, 2.24) is 14.7 Å². The summed E-state index contributed by atoms with van der Waals surface area (Å²) in [5.74, 6) is -0.962. The van der Waals surface area contributed by atoms with Gasteiger partial charge in [0.15, 0.2) is 5.69 Å². The topological polar surface area (TPSA) is 58.4 Å². The highest BCUT2D eigenvalue weighted by atomic mass is 16.4. The Morgan fingerprint density at radius 3 is 2.68 bits per heavy atom. The lowest BCUT2D eigenvalue weighted by molar-refractivity contribution is 0.0691. The Hall–Kier alpha value is -1.88. The van der Waals surface area contributed by atoms with Gasteiger partial charge in [0, 0.05) is 11.9 Å². The maximum Gasteiger partial charge on any atom is 0.357 e. The van der Waals surface area contributed by atoms with Crippen LogP contribution in [0.4, 0.5) is 0 Å². The Bertz CT molecular complexity index is 600. The molecule has 1 N–H and O–H groups in total. The number of carboxylic acid groups (broad SMARTS) is 1. The molecule has 2 aromatic rings. The minimum absolute atomic E-state index is 0.150. The molecule has 0 bridgehead atoms. The number of aromatic nitrogens is 2. The van der Waals surface area contributed by atoms with Crippen LogP contribution in [0.3, 0.4) is 0 Å². The number of nitrogens with zero attached hydrogens (tertiary/aromatic N) is 3. The van der Waals surface area contributed by atoms with Crippen LogP contribution < -0.4 is 0 Å². The smallest absolute Gasteiger partial charge is 0.357 e. The minimum Gasteiger partial charge on any atom is -0.476 e. The summed E-state index contributed by atoms with van der Waals surface area (Å²) in [5.41, 5.74) is 1.05. The lowest BCUT2D eigenvalue weighted by Gasteiger charge is -2.14. The molecule has 0 radical (unpaired) electrons. The van der Waals surface area contributed by atoms with Gasteiger partial charge in [-0.2, -0.15) is 5.10 Å². The first kappa shape index (κ1) is 12.2. The first-order valence-corrected chi connectivity index (χ1v) is 6.67. The number of fused-ring (bicyclic) bond motifs is 1. The van der Waals surface area contributed by atoms with E-state index < -0.39 is 5.97 Å². The molecule has 0 aliphatic carbocycles. The fourth-order valence-corrected chi connectivity index (χ4v) is 2.70. The summed E-state index contributed by atoms with van der Waals surface area (Å²) in [5, 5.41) is 14.1. The van der Waals surface area contributed by atoms with E-state index in [1.165, 1.54) is 12.8 Å². The quantitative estimate of drug-likeness (QED) is 0.910. The van der Waals surface area contributed by atoms with E-state index >= 15 is 0 Å². The Balaban J connectivity index is 1.87. The minimum atomic E-state index is -0.962. The van der Waals surface area contributed by atoms with Crippen LogP contribution in [0.5, 0.6) is 0 Å². The zero-order chi connectivity index (χ0) is 13.2. The summed E-state index contributed by atoms with van der Waals surface area (Å²) in [6.07, 6.45) is 2.53. The number of benzene rings is 1. The van der Waals surface area contributed by atoms with Crippen LogP contribution in [0.25, 0.3) is 10.9 Å². The first-order chi connectivity index (χ1) is 9.25. The van der Waals surface area contributed by atoms with Gasteiger partial charge < -0.3 is 10.0 Å². The molecule has 19 heavy (non-hydrogen) atoms. The van der Waals surface area contributed by atoms with Gasteiger partial charge in [0.25, 0.3) is 0 Å². The zero-order valence-corrected chi connectivity index (χ0v) is 10.7. The molecule has 0 unspecified atom stereocenters. The molecule has 0 saturated carbocycles. The highest BCUT2D eigenvalue weighted by Crippen LogP contribution is 2.18. The zero-order valence-electron chi connectivity index (χ0n) is 10.7. The molecular weight excluding hydrogens is 242 g/mol. The van der Waals surface area contributed by atoms with Crippen LogP contribution in [0.15, 0.2) is 24.3 Å². The largest absolute Gasteiger partial charge is 0.476 e. The highest BCUT2D eigenvalue weighted by Gasteiger charge is 2.17. The molecule has 1 saturated heterocycles. The van der Waals surface area contributed by atoms with Crippen LogP contribution in [-0.4, -0.2) is 45.4 Å². The standard InChI is InChI=1S/C14H17N3O2/c18-14(19)13-11-5-1-2-6-12(11)17(15-13)10-9-16-7-3-4-8-16/h1-2,5-6H,3-4,7-10H2,(H,18,19). The average molecular weight is 259 g/mol. The molecule has 1 aliphatic rings. The number of rotatable bonds is 4. The number of carbonyl (C=O) groups is 1. The van der Waals surface area contributed by atoms with Crippen molar-refractivity contribution in [2.45, 2.75) is 19.4 Å². The van der Waals surface area contributed by atoms with Gasteiger partial charge >= 0.3 is 5.97 Å². The molecule has 5 nitrogen and oxygen atoms in total.